The minimum atomic E-state index is 0. The highest BCUT2D eigenvalue weighted by Crippen LogP contribution is 2.37. The van der Waals surface area contributed by atoms with Crippen molar-refractivity contribution >= 4 is 5.82 Å². The van der Waals surface area contributed by atoms with Crippen LogP contribution < -0.4 is 11.1 Å². The third kappa shape index (κ3) is 15.3. The number of nitrogens with one attached hydrogen (secondary N) is 1. The Morgan fingerprint density at radius 1 is 0.903 bits per heavy atom. The first-order chi connectivity index (χ1) is 13.6. The first-order valence-corrected chi connectivity index (χ1v) is 11.8. The number of likely N-dealkylation sites (tertiary alicyclic amines) is 1. The van der Waals surface area contributed by atoms with E-state index in [0.717, 1.165) is 12.4 Å². The number of rotatable bonds is 2. The Morgan fingerprint density at radius 3 is 1.65 bits per heavy atom. The topological polar surface area (TPSA) is 54.2 Å². The van der Waals surface area contributed by atoms with E-state index in [1.807, 2.05) is 27.0 Å². The molecule has 2 atom stereocenters. The summed E-state index contributed by atoms with van der Waals surface area (Å²) < 4.78 is 0. The van der Waals surface area contributed by atoms with Gasteiger partial charge in [-0.05, 0) is 77.3 Å². The molecule has 3 N–H and O–H groups in total. The number of nitrogens with two attached hydrogens (primary N) is 1. The maximum atomic E-state index is 5.35. The van der Waals surface area contributed by atoms with Crippen molar-refractivity contribution in [1.82, 2.24) is 9.88 Å². The van der Waals surface area contributed by atoms with Crippen LogP contribution in [-0.2, 0) is 0 Å². The number of hydrogen-bond acceptors (Lipinski definition) is 4. The van der Waals surface area contributed by atoms with Crippen molar-refractivity contribution in [2.24, 2.45) is 16.6 Å². The largest absolute Gasteiger partial charge is 0.366 e. The molecule has 1 saturated heterocycles. The molecule has 4 heteroatoms. The zero-order chi connectivity index (χ0) is 24.8. The van der Waals surface area contributed by atoms with E-state index in [4.69, 9.17) is 5.73 Å². The van der Waals surface area contributed by atoms with Crippen LogP contribution in [0.1, 0.15) is 102 Å². The lowest BCUT2D eigenvalue weighted by Crippen LogP contribution is -2.49. The van der Waals surface area contributed by atoms with Crippen molar-refractivity contribution < 1.29 is 0 Å². The third-order valence-corrected chi connectivity index (χ3v) is 4.43. The summed E-state index contributed by atoms with van der Waals surface area (Å²) >= 11 is 0. The maximum absolute atomic E-state index is 5.35. The number of aryl methyl sites for hydroxylation is 1. The van der Waals surface area contributed by atoms with Crippen molar-refractivity contribution in [2.45, 2.75) is 127 Å². The van der Waals surface area contributed by atoms with Crippen LogP contribution >= 0.6 is 0 Å². The zero-order valence-electron chi connectivity index (χ0n) is 23.3. The van der Waals surface area contributed by atoms with Gasteiger partial charge in [0, 0.05) is 35.9 Å². The summed E-state index contributed by atoms with van der Waals surface area (Å²) in [5, 5.41) is 3.62. The molecule has 182 valence electrons. The van der Waals surface area contributed by atoms with Gasteiger partial charge in [0.2, 0.25) is 0 Å². The van der Waals surface area contributed by atoms with Gasteiger partial charge < -0.3 is 11.1 Å². The first kappa shape index (κ1) is 29.9. The van der Waals surface area contributed by atoms with Gasteiger partial charge in [0.1, 0.15) is 5.82 Å². The zero-order valence-corrected chi connectivity index (χ0v) is 23.3. The predicted octanol–water partition coefficient (Wildman–Crippen LogP) is 6.89. The van der Waals surface area contributed by atoms with E-state index in [2.05, 4.69) is 103 Å². The van der Waals surface area contributed by atoms with Crippen molar-refractivity contribution in [1.29, 1.82) is 0 Å². The molecule has 4 nitrogen and oxygen atoms in total. The minimum absolute atomic E-state index is 0. The molecule has 2 heterocycles. The summed E-state index contributed by atoms with van der Waals surface area (Å²) in [6.45, 7) is 31.8. The van der Waals surface area contributed by atoms with E-state index in [0.29, 0.717) is 22.9 Å². The van der Waals surface area contributed by atoms with Gasteiger partial charge in [0.25, 0.3) is 0 Å². The van der Waals surface area contributed by atoms with Gasteiger partial charge in [-0.3, -0.25) is 4.90 Å². The summed E-state index contributed by atoms with van der Waals surface area (Å²) in [6.07, 6.45) is 3.11. The summed E-state index contributed by atoms with van der Waals surface area (Å²) in [7, 11) is 0. The quantitative estimate of drug-likeness (QED) is 0.532. The molecule has 0 amide bonds. The van der Waals surface area contributed by atoms with Crippen LogP contribution in [0.3, 0.4) is 0 Å². The SMILES string of the molecule is CC(C)(C)C.CC(C)(C)N.Cc1ccc(NC2CC(C(C)(C)C)N(C(C)(C)C)C2)nc1. The van der Waals surface area contributed by atoms with E-state index in [9.17, 15) is 0 Å². The highest BCUT2D eigenvalue weighted by atomic mass is 15.3. The minimum Gasteiger partial charge on any atom is -0.366 e. The molecule has 0 aliphatic carbocycles. The summed E-state index contributed by atoms with van der Waals surface area (Å²) in [5.41, 5.74) is 7.56. The Bertz CT molecular complexity index is 576. The lowest BCUT2D eigenvalue weighted by atomic mass is 9.83. The molecule has 1 aromatic heterocycles. The van der Waals surface area contributed by atoms with Crippen molar-refractivity contribution in [2.75, 3.05) is 11.9 Å². The summed E-state index contributed by atoms with van der Waals surface area (Å²) in [4.78, 5) is 7.14. The average Bonchev–Trinajstić information content (AvgIpc) is 2.90. The van der Waals surface area contributed by atoms with Crippen LogP contribution in [0, 0.1) is 17.8 Å². The van der Waals surface area contributed by atoms with Gasteiger partial charge in [-0.1, -0.05) is 54.5 Å². The second-order valence-electron chi connectivity index (χ2n) is 13.9. The van der Waals surface area contributed by atoms with Crippen LogP contribution in [0.4, 0.5) is 5.82 Å². The molecule has 1 fully saturated rings. The van der Waals surface area contributed by atoms with Crippen LogP contribution in [0.25, 0.3) is 0 Å². The molecule has 0 aromatic carbocycles. The van der Waals surface area contributed by atoms with Gasteiger partial charge in [-0.25, -0.2) is 4.98 Å². The molecule has 31 heavy (non-hydrogen) atoms. The van der Waals surface area contributed by atoms with Crippen molar-refractivity contribution in [3.8, 4) is 0 Å². The molecule has 2 unspecified atom stereocenters. The Morgan fingerprint density at radius 2 is 1.35 bits per heavy atom. The average molecular weight is 435 g/mol. The van der Waals surface area contributed by atoms with E-state index in [-0.39, 0.29) is 11.1 Å². The Kier molecular flexibility index (Phi) is 10.7. The van der Waals surface area contributed by atoms with Gasteiger partial charge >= 0.3 is 0 Å². The van der Waals surface area contributed by atoms with E-state index < -0.39 is 0 Å². The number of hydrogen-bond donors (Lipinski definition) is 2. The molecule has 1 aromatic rings. The van der Waals surface area contributed by atoms with Gasteiger partial charge in [0.15, 0.2) is 0 Å². The number of pyridine rings is 1. The number of aromatic nitrogens is 1. The molecule has 2 rings (SSSR count). The Labute approximate surface area is 194 Å². The third-order valence-electron chi connectivity index (χ3n) is 4.43. The van der Waals surface area contributed by atoms with Gasteiger partial charge in [-0.15, -0.1) is 0 Å². The fourth-order valence-electron chi connectivity index (χ4n) is 3.27. The summed E-state index contributed by atoms with van der Waals surface area (Å²) in [5.74, 6) is 0.994. The molecule has 0 saturated carbocycles. The van der Waals surface area contributed by atoms with Crippen LogP contribution in [-0.4, -0.2) is 39.6 Å². The highest BCUT2D eigenvalue weighted by Gasteiger charge is 2.43. The first-order valence-electron chi connectivity index (χ1n) is 11.8. The normalized spacial score (nSPS) is 20.4. The second kappa shape index (κ2) is 11.1. The molecular formula is C27H54N4. The molecular weight excluding hydrogens is 380 g/mol. The van der Waals surface area contributed by atoms with Crippen LogP contribution in [0.15, 0.2) is 18.3 Å². The van der Waals surface area contributed by atoms with Crippen molar-refractivity contribution in [3.63, 3.8) is 0 Å². The molecule has 1 aliphatic heterocycles. The van der Waals surface area contributed by atoms with E-state index >= 15 is 0 Å². The highest BCUT2D eigenvalue weighted by molar-refractivity contribution is 5.37. The monoisotopic (exact) mass is 434 g/mol. The number of nitrogens with zero attached hydrogens (tertiary/aromatic N) is 2. The molecule has 0 radical (unpaired) electrons. The van der Waals surface area contributed by atoms with Gasteiger partial charge in [-0.2, -0.15) is 0 Å². The number of anilines is 1. The molecule has 0 bridgehead atoms. The van der Waals surface area contributed by atoms with Crippen LogP contribution in [0.5, 0.6) is 0 Å². The second-order valence-corrected chi connectivity index (χ2v) is 13.9. The molecule has 1 aliphatic rings. The lowest BCUT2D eigenvalue weighted by Gasteiger charge is -2.42. The van der Waals surface area contributed by atoms with E-state index in [1.54, 1.807) is 0 Å². The fraction of sp³-hybridized carbons (Fsp3) is 0.815. The van der Waals surface area contributed by atoms with Gasteiger partial charge in [0.05, 0.1) is 0 Å². The van der Waals surface area contributed by atoms with Crippen LogP contribution in [0.2, 0.25) is 0 Å². The lowest BCUT2D eigenvalue weighted by molar-refractivity contribution is 0.0580. The smallest absolute Gasteiger partial charge is 0.126 e. The van der Waals surface area contributed by atoms with E-state index in [1.165, 1.54) is 12.0 Å². The molecule has 0 spiro atoms. The fourth-order valence-corrected chi connectivity index (χ4v) is 3.27. The van der Waals surface area contributed by atoms with Crippen molar-refractivity contribution in [3.05, 3.63) is 23.9 Å². The summed E-state index contributed by atoms with van der Waals surface area (Å²) in [6, 6.07) is 5.28. The Balaban J connectivity index is 0.000000752. The maximum Gasteiger partial charge on any atom is 0.126 e. The predicted molar refractivity (Wildman–Crippen MR) is 140 cm³/mol. The Hall–Kier alpha value is -1.13. The standard InChI is InChI=1S/C18H31N3.C5H12.C4H11N/c1-13-8-9-16(19-11-13)20-14-10-15(17(2,3)4)21(12-14)18(5,6)7;1-5(2,3)4;1-4(2,3)5/h8-9,11,14-15H,10,12H2,1-7H3,(H,19,20);1-4H3;5H2,1-3H3.